The molecule has 0 radical (unpaired) electrons. The summed E-state index contributed by atoms with van der Waals surface area (Å²) >= 11 is 0. The summed E-state index contributed by atoms with van der Waals surface area (Å²) < 4.78 is 18.5. The molecule has 1 aromatic carbocycles. The minimum Gasteiger partial charge on any atom is -0.495 e. The molecule has 0 aliphatic rings. The number of pyridine rings is 1. The molecule has 0 aliphatic heterocycles. The average molecular weight is 261 g/mol. The number of hydrogen-bond acceptors (Lipinski definition) is 4. The zero-order valence-electron chi connectivity index (χ0n) is 10.9. The van der Waals surface area contributed by atoms with Crippen LogP contribution in [0.2, 0.25) is 0 Å². The second-order valence-electron chi connectivity index (χ2n) is 4.19. The predicted molar refractivity (Wildman–Crippen MR) is 71.1 cm³/mol. The van der Waals surface area contributed by atoms with Crippen LogP contribution in [0.4, 0.5) is 4.39 Å². The van der Waals surface area contributed by atoms with Gasteiger partial charge in [-0.05, 0) is 42.3 Å². The topological polar surface area (TPSA) is 60.2 Å². The van der Waals surface area contributed by atoms with Gasteiger partial charge in [0.1, 0.15) is 17.3 Å². The lowest BCUT2D eigenvalue weighted by Gasteiger charge is -2.20. The van der Waals surface area contributed by atoms with E-state index in [2.05, 4.69) is 10.4 Å². The Balaban J connectivity index is 2.50. The van der Waals surface area contributed by atoms with Crippen molar-refractivity contribution >= 4 is 0 Å². The number of methoxy groups -OCH3 is 1. The van der Waals surface area contributed by atoms with Crippen molar-refractivity contribution in [1.82, 2.24) is 10.4 Å². The standard InChI is InChI=1S/C14H16FN3O/c1-9-8-10(15)5-6-11(9)13(18-16)14-12(19-2)4-3-7-17-14/h3-8,13,18H,16H2,1-2H3. The van der Waals surface area contributed by atoms with Gasteiger partial charge in [0.15, 0.2) is 0 Å². The van der Waals surface area contributed by atoms with Crippen LogP contribution < -0.4 is 16.0 Å². The van der Waals surface area contributed by atoms with E-state index in [4.69, 9.17) is 10.6 Å². The highest BCUT2D eigenvalue weighted by molar-refractivity contribution is 5.40. The Morgan fingerprint density at radius 3 is 2.79 bits per heavy atom. The van der Waals surface area contributed by atoms with Crippen LogP contribution in [0, 0.1) is 12.7 Å². The third kappa shape index (κ3) is 2.72. The van der Waals surface area contributed by atoms with Crippen molar-refractivity contribution in [3.8, 4) is 5.75 Å². The van der Waals surface area contributed by atoms with Crippen molar-refractivity contribution in [3.05, 3.63) is 59.2 Å². The van der Waals surface area contributed by atoms with Gasteiger partial charge in [-0.15, -0.1) is 0 Å². The van der Waals surface area contributed by atoms with Crippen LogP contribution in [0.5, 0.6) is 5.75 Å². The maximum atomic E-state index is 13.2. The Morgan fingerprint density at radius 1 is 1.37 bits per heavy atom. The number of hydrogen-bond donors (Lipinski definition) is 2. The number of halogens is 1. The van der Waals surface area contributed by atoms with Crippen molar-refractivity contribution in [2.75, 3.05) is 7.11 Å². The fraction of sp³-hybridized carbons (Fsp3) is 0.214. The first-order valence-electron chi connectivity index (χ1n) is 5.88. The van der Waals surface area contributed by atoms with Crippen LogP contribution in [0.3, 0.4) is 0 Å². The molecule has 0 amide bonds. The molecule has 1 heterocycles. The summed E-state index contributed by atoms with van der Waals surface area (Å²) in [6.45, 7) is 1.83. The SMILES string of the molecule is COc1cccnc1C(NN)c1ccc(F)cc1C. The van der Waals surface area contributed by atoms with Gasteiger partial charge in [0.2, 0.25) is 0 Å². The molecule has 100 valence electrons. The highest BCUT2D eigenvalue weighted by Gasteiger charge is 2.20. The van der Waals surface area contributed by atoms with Crippen LogP contribution >= 0.6 is 0 Å². The van der Waals surface area contributed by atoms with Crippen molar-refractivity contribution < 1.29 is 9.13 Å². The molecule has 0 spiro atoms. The molecule has 3 N–H and O–H groups in total. The number of hydrazine groups is 1. The Kier molecular flexibility index (Phi) is 4.09. The highest BCUT2D eigenvalue weighted by atomic mass is 19.1. The molecule has 19 heavy (non-hydrogen) atoms. The lowest BCUT2D eigenvalue weighted by molar-refractivity contribution is 0.400. The van der Waals surface area contributed by atoms with E-state index in [1.807, 2.05) is 13.0 Å². The van der Waals surface area contributed by atoms with Gasteiger partial charge in [-0.1, -0.05) is 6.07 Å². The summed E-state index contributed by atoms with van der Waals surface area (Å²) in [5.74, 6) is 5.99. The number of nitrogens with zero attached hydrogens (tertiary/aromatic N) is 1. The Morgan fingerprint density at radius 2 is 2.16 bits per heavy atom. The number of rotatable bonds is 4. The summed E-state index contributed by atoms with van der Waals surface area (Å²) in [5, 5.41) is 0. The van der Waals surface area contributed by atoms with Gasteiger partial charge in [0.05, 0.1) is 13.2 Å². The number of nitrogens with one attached hydrogen (secondary N) is 1. The zero-order valence-corrected chi connectivity index (χ0v) is 10.9. The first-order chi connectivity index (χ1) is 9.17. The molecule has 0 bridgehead atoms. The predicted octanol–water partition coefficient (Wildman–Crippen LogP) is 2.09. The van der Waals surface area contributed by atoms with E-state index in [1.54, 1.807) is 25.4 Å². The minimum absolute atomic E-state index is 0.273. The molecule has 2 aromatic rings. The Hall–Kier alpha value is -1.98. The van der Waals surface area contributed by atoms with Crippen LogP contribution in [0.15, 0.2) is 36.5 Å². The van der Waals surface area contributed by atoms with Crippen LogP contribution in [-0.2, 0) is 0 Å². The lowest BCUT2D eigenvalue weighted by atomic mass is 9.98. The molecule has 1 unspecified atom stereocenters. The van der Waals surface area contributed by atoms with Crippen LogP contribution in [0.1, 0.15) is 22.9 Å². The van der Waals surface area contributed by atoms with E-state index in [0.717, 1.165) is 11.1 Å². The summed E-state index contributed by atoms with van der Waals surface area (Å²) in [4.78, 5) is 4.30. The maximum absolute atomic E-state index is 13.2. The second kappa shape index (κ2) is 5.77. The maximum Gasteiger partial charge on any atom is 0.142 e. The fourth-order valence-corrected chi connectivity index (χ4v) is 2.07. The lowest BCUT2D eigenvalue weighted by Crippen LogP contribution is -2.30. The molecular weight excluding hydrogens is 245 g/mol. The zero-order chi connectivity index (χ0) is 13.8. The van der Waals surface area contributed by atoms with Crippen molar-refractivity contribution in [1.29, 1.82) is 0 Å². The molecule has 2 rings (SSSR count). The van der Waals surface area contributed by atoms with Gasteiger partial charge < -0.3 is 4.74 Å². The molecule has 0 aliphatic carbocycles. The third-order valence-corrected chi connectivity index (χ3v) is 3.00. The monoisotopic (exact) mass is 261 g/mol. The molecule has 0 saturated carbocycles. The molecule has 1 atom stereocenters. The van der Waals surface area contributed by atoms with E-state index >= 15 is 0 Å². The summed E-state index contributed by atoms with van der Waals surface area (Å²) in [7, 11) is 1.58. The molecule has 4 nitrogen and oxygen atoms in total. The second-order valence-corrected chi connectivity index (χ2v) is 4.19. The quantitative estimate of drug-likeness (QED) is 0.653. The molecule has 5 heteroatoms. The normalized spacial score (nSPS) is 12.2. The van der Waals surface area contributed by atoms with Crippen molar-refractivity contribution in [2.45, 2.75) is 13.0 Å². The van der Waals surface area contributed by atoms with Crippen molar-refractivity contribution in [3.63, 3.8) is 0 Å². The van der Waals surface area contributed by atoms with Crippen LogP contribution in [-0.4, -0.2) is 12.1 Å². The van der Waals surface area contributed by atoms with E-state index in [0.29, 0.717) is 11.4 Å². The van der Waals surface area contributed by atoms with Gasteiger partial charge in [0.25, 0.3) is 0 Å². The number of benzene rings is 1. The smallest absolute Gasteiger partial charge is 0.142 e. The number of nitrogens with two attached hydrogens (primary N) is 1. The third-order valence-electron chi connectivity index (χ3n) is 3.00. The van der Waals surface area contributed by atoms with E-state index < -0.39 is 0 Å². The van der Waals surface area contributed by atoms with E-state index in [-0.39, 0.29) is 11.9 Å². The summed E-state index contributed by atoms with van der Waals surface area (Å²) in [5.41, 5.74) is 5.04. The molecule has 0 fully saturated rings. The Labute approximate surface area is 111 Å². The molecular formula is C14H16FN3O. The summed E-state index contributed by atoms with van der Waals surface area (Å²) in [6, 6.07) is 7.82. The van der Waals surface area contributed by atoms with Gasteiger partial charge in [-0.2, -0.15) is 0 Å². The van der Waals surface area contributed by atoms with E-state index in [1.165, 1.54) is 12.1 Å². The Bertz CT molecular complexity index is 574. The fourth-order valence-electron chi connectivity index (χ4n) is 2.07. The number of ether oxygens (including phenoxy) is 1. The highest BCUT2D eigenvalue weighted by Crippen LogP contribution is 2.29. The summed E-state index contributed by atoms with van der Waals surface area (Å²) in [6.07, 6.45) is 1.67. The first kappa shape index (κ1) is 13.5. The number of aryl methyl sites for hydroxylation is 1. The van der Waals surface area contributed by atoms with Gasteiger partial charge in [-0.25, -0.2) is 9.82 Å². The molecule has 1 aromatic heterocycles. The first-order valence-corrected chi connectivity index (χ1v) is 5.88. The van der Waals surface area contributed by atoms with Gasteiger partial charge in [-0.3, -0.25) is 10.8 Å². The molecule has 0 saturated heterocycles. The van der Waals surface area contributed by atoms with Crippen LogP contribution in [0.25, 0.3) is 0 Å². The number of aromatic nitrogens is 1. The minimum atomic E-state index is -0.350. The van der Waals surface area contributed by atoms with E-state index in [9.17, 15) is 4.39 Å². The van der Waals surface area contributed by atoms with Gasteiger partial charge in [0, 0.05) is 6.20 Å². The largest absolute Gasteiger partial charge is 0.495 e. The van der Waals surface area contributed by atoms with Crippen molar-refractivity contribution in [2.24, 2.45) is 5.84 Å². The van der Waals surface area contributed by atoms with Gasteiger partial charge >= 0.3 is 0 Å². The average Bonchev–Trinajstić information content (AvgIpc) is 2.42.